The van der Waals surface area contributed by atoms with Crippen LogP contribution in [0.25, 0.3) is 0 Å². The molecule has 0 saturated carbocycles. The van der Waals surface area contributed by atoms with Crippen molar-refractivity contribution in [2.75, 3.05) is 46.4 Å². The van der Waals surface area contributed by atoms with Crippen LogP contribution in [0.15, 0.2) is 35.6 Å². The summed E-state index contributed by atoms with van der Waals surface area (Å²) in [5.41, 5.74) is 1.38. The third-order valence-electron chi connectivity index (χ3n) is 3.99. The van der Waals surface area contributed by atoms with E-state index in [1.54, 1.807) is 0 Å². The molecule has 0 atom stereocenters. The van der Waals surface area contributed by atoms with Crippen molar-refractivity contribution in [2.24, 2.45) is 0 Å². The van der Waals surface area contributed by atoms with Crippen LogP contribution in [0.2, 0.25) is 0 Å². The Morgan fingerprint density at radius 1 is 1.10 bits per heavy atom. The second-order valence-electron chi connectivity index (χ2n) is 5.89. The van der Waals surface area contributed by atoms with Gasteiger partial charge in [-0.2, -0.15) is 0 Å². The molecule has 2 aliphatic rings. The molecule has 3 nitrogen and oxygen atoms in total. The van der Waals surface area contributed by atoms with Crippen molar-refractivity contribution in [1.29, 1.82) is 0 Å². The molecular weight excluding hydrogens is 248 g/mol. The van der Waals surface area contributed by atoms with Gasteiger partial charge in [-0.05, 0) is 51.9 Å². The fourth-order valence-corrected chi connectivity index (χ4v) is 2.50. The van der Waals surface area contributed by atoms with Gasteiger partial charge in [0.15, 0.2) is 0 Å². The molecule has 20 heavy (non-hydrogen) atoms. The van der Waals surface area contributed by atoms with Crippen LogP contribution in [0.3, 0.4) is 0 Å². The van der Waals surface area contributed by atoms with Crippen LogP contribution in [-0.4, -0.2) is 56.2 Å². The SMILES string of the molecule is CC1=CC=C(OCCCCN2CCN(C)CC2)C=CC1. The molecule has 1 heterocycles. The number of likely N-dealkylation sites (N-methyl/N-ethyl adjacent to an activating group) is 1. The Morgan fingerprint density at radius 2 is 1.90 bits per heavy atom. The summed E-state index contributed by atoms with van der Waals surface area (Å²) in [6.45, 7) is 9.05. The molecule has 0 spiro atoms. The van der Waals surface area contributed by atoms with E-state index in [2.05, 4.69) is 48.1 Å². The minimum Gasteiger partial charge on any atom is -0.494 e. The molecule has 0 amide bonds. The molecule has 1 fully saturated rings. The summed E-state index contributed by atoms with van der Waals surface area (Å²) in [6.07, 6.45) is 11.9. The predicted octanol–water partition coefficient (Wildman–Crippen LogP) is 2.82. The predicted molar refractivity (Wildman–Crippen MR) is 84.7 cm³/mol. The third-order valence-corrected chi connectivity index (χ3v) is 3.99. The minimum atomic E-state index is 0.830. The summed E-state index contributed by atoms with van der Waals surface area (Å²) in [4.78, 5) is 4.97. The number of piperazine rings is 1. The lowest BCUT2D eigenvalue weighted by Crippen LogP contribution is -2.44. The number of rotatable bonds is 6. The summed E-state index contributed by atoms with van der Waals surface area (Å²) >= 11 is 0. The normalized spacial score (nSPS) is 21.3. The van der Waals surface area contributed by atoms with Crippen molar-refractivity contribution in [3.05, 3.63) is 35.6 Å². The Bertz CT molecular complexity index is 376. The Labute approximate surface area is 123 Å². The van der Waals surface area contributed by atoms with Gasteiger partial charge in [0, 0.05) is 26.2 Å². The molecule has 0 aromatic heterocycles. The minimum absolute atomic E-state index is 0.830. The van der Waals surface area contributed by atoms with Gasteiger partial charge in [-0.15, -0.1) is 0 Å². The zero-order chi connectivity index (χ0) is 14.2. The van der Waals surface area contributed by atoms with E-state index >= 15 is 0 Å². The molecule has 0 radical (unpaired) electrons. The first-order valence-electron chi connectivity index (χ1n) is 7.82. The van der Waals surface area contributed by atoms with Crippen LogP contribution < -0.4 is 0 Å². The Kier molecular flexibility index (Phi) is 6.34. The molecule has 0 aromatic rings. The van der Waals surface area contributed by atoms with Crippen molar-refractivity contribution in [3.8, 4) is 0 Å². The summed E-state index contributed by atoms with van der Waals surface area (Å²) in [7, 11) is 2.20. The molecule has 2 rings (SSSR count). The van der Waals surface area contributed by atoms with Gasteiger partial charge < -0.3 is 14.5 Å². The molecule has 1 saturated heterocycles. The number of nitrogens with zero attached hydrogens (tertiary/aromatic N) is 2. The summed E-state index contributed by atoms with van der Waals surface area (Å²) in [6, 6.07) is 0. The number of hydrogen-bond donors (Lipinski definition) is 0. The molecule has 112 valence electrons. The summed E-state index contributed by atoms with van der Waals surface area (Å²) in [5, 5.41) is 0. The summed E-state index contributed by atoms with van der Waals surface area (Å²) < 4.78 is 5.82. The lowest BCUT2D eigenvalue weighted by molar-refractivity contribution is 0.146. The Balaban J connectivity index is 1.55. The van der Waals surface area contributed by atoms with Crippen LogP contribution in [0.1, 0.15) is 26.2 Å². The van der Waals surface area contributed by atoms with Gasteiger partial charge in [0.05, 0.1) is 6.61 Å². The first kappa shape index (κ1) is 15.3. The topological polar surface area (TPSA) is 15.7 Å². The number of allylic oxidation sites excluding steroid dienone is 5. The maximum atomic E-state index is 5.82. The van der Waals surface area contributed by atoms with Crippen LogP contribution in [0.4, 0.5) is 0 Å². The molecular formula is C17H28N2O. The first-order valence-corrected chi connectivity index (χ1v) is 7.82. The van der Waals surface area contributed by atoms with Crippen LogP contribution >= 0.6 is 0 Å². The van der Waals surface area contributed by atoms with Gasteiger partial charge in [0.1, 0.15) is 5.76 Å². The van der Waals surface area contributed by atoms with E-state index in [0.29, 0.717) is 0 Å². The van der Waals surface area contributed by atoms with Crippen molar-refractivity contribution in [2.45, 2.75) is 26.2 Å². The smallest absolute Gasteiger partial charge is 0.118 e. The monoisotopic (exact) mass is 276 g/mol. The maximum absolute atomic E-state index is 5.82. The lowest BCUT2D eigenvalue weighted by atomic mass is 10.2. The number of hydrogen-bond acceptors (Lipinski definition) is 3. The van der Waals surface area contributed by atoms with Crippen LogP contribution in [-0.2, 0) is 4.74 Å². The fraction of sp³-hybridized carbons (Fsp3) is 0.647. The highest BCUT2D eigenvalue weighted by Gasteiger charge is 2.12. The summed E-state index contributed by atoms with van der Waals surface area (Å²) in [5.74, 6) is 1.00. The average molecular weight is 276 g/mol. The highest BCUT2D eigenvalue weighted by atomic mass is 16.5. The lowest BCUT2D eigenvalue weighted by Gasteiger charge is -2.32. The van der Waals surface area contributed by atoms with Crippen molar-refractivity contribution in [1.82, 2.24) is 9.80 Å². The van der Waals surface area contributed by atoms with E-state index in [9.17, 15) is 0 Å². The zero-order valence-corrected chi connectivity index (χ0v) is 13.0. The highest BCUT2D eigenvalue weighted by Crippen LogP contribution is 2.12. The Morgan fingerprint density at radius 3 is 2.70 bits per heavy atom. The second kappa shape index (κ2) is 8.28. The standard InChI is InChI=1S/C17H28N2O/c1-16-6-5-7-17(9-8-16)20-15-4-3-10-19-13-11-18(2)12-14-19/h5,7-9H,3-4,6,10-15H2,1-2H3. The highest BCUT2D eigenvalue weighted by molar-refractivity contribution is 5.26. The second-order valence-corrected chi connectivity index (χ2v) is 5.89. The van der Waals surface area contributed by atoms with E-state index in [1.807, 2.05) is 0 Å². The molecule has 0 N–H and O–H groups in total. The molecule has 0 aromatic carbocycles. The molecule has 3 heteroatoms. The number of unbranched alkanes of at least 4 members (excludes halogenated alkanes) is 1. The van der Waals surface area contributed by atoms with Gasteiger partial charge in [-0.25, -0.2) is 0 Å². The van der Waals surface area contributed by atoms with E-state index in [0.717, 1.165) is 25.2 Å². The average Bonchev–Trinajstić information content (AvgIpc) is 2.65. The largest absolute Gasteiger partial charge is 0.494 e. The van der Waals surface area contributed by atoms with Gasteiger partial charge >= 0.3 is 0 Å². The number of ether oxygens (including phenoxy) is 1. The van der Waals surface area contributed by atoms with Crippen molar-refractivity contribution < 1.29 is 4.74 Å². The van der Waals surface area contributed by atoms with Crippen LogP contribution in [0.5, 0.6) is 0 Å². The van der Waals surface area contributed by atoms with E-state index in [1.165, 1.54) is 44.7 Å². The Hall–Kier alpha value is -1.06. The molecule has 0 unspecified atom stereocenters. The fourth-order valence-electron chi connectivity index (χ4n) is 2.50. The molecule has 1 aliphatic heterocycles. The van der Waals surface area contributed by atoms with Gasteiger partial charge in [-0.1, -0.05) is 17.7 Å². The molecule has 1 aliphatic carbocycles. The van der Waals surface area contributed by atoms with E-state index < -0.39 is 0 Å². The molecule has 0 bridgehead atoms. The van der Waals surface area contributed by atoms with Crippen molar-refractivity contribution >= 4 is 0 Å². The van der Waals surface area contributed by atoms with Gasteiger partial charge in [0.25, 0.3) is 0 Å². The van der Waals surface area contributed by atoms with E-state index in [-0.39, 0.29) is 0 Å². The van der Waals surface area contributed by atoms with Crippen molar-refractivity contribution in [3.63, 3.8) is 0 Å². The third kappa shape index (κ3) is 5.51. The van der Waals surface area contributed by atoms with E-state index in [4.69, 9.17) is 4.74 Å². The van der Waals surface area contributed by atoms with Gasteiger partial charge in [0.2, 0.25) is 0 Å². The quantitative estimate of drug-likeness (QED) is 0.694. The maximum Gasteiger partial charge on any atom is 0.118 e. The first-order chi connectivity index (χ1) is 9.74. The van der Waals surface area contributed by atoms with Gasteiger partial charge in [-0.3, -0.25) is 0 Å². The zero-order valence-electron chi connectivity index (χ0n) is 13.0. The van der Waals surface area contributed by atoms with Crippen LogP contribution in [0, 0.1) is 0 Å².